The maximum absolute atomic E-state index is 13.4. The Morgan fingerprint density at radius 3 is 2.30 bits per heavy atom. The minimum Gasteiger partial charge on any atom is -0.381 e. The number of nitrogens with zero attached hydrogens (tertiary/aromatic N) is 1. The second-order valence-electron chi connectivity index (χ2n) is 10.2. The van der Waals surface area contributed by atoms with Crippen molar-refractivity contribution < 1.29 is 24.3 Å². The summed E-state index contributed by atoms with van der Waals surface area (Å²) in [4.78, 5) is 52.6. The monoisotopic (exact) mass is 467 g/mol. The summed E-state index contributed by atoms with van der Waals surface area (Å²) in [5.74, 6) is -1.45. The topological polar surface area (TPSA) is 140 Å². The van der Waals surface area contributed by atoms with Crippen LogP contribution in [0.25, 0.3) is 0 Å². The second-order valence-corrected chi connectivity index (χ2v) is 10.2. The molecule has 0 bridgehead atoms. The van der Waals surface area contributed by atoms with Crippen LogP contribution >= 0.6 is 0 Å². The highest BCUT2D eigenvalue weighted by atomic mass is 16.3. The molecule has 188 valence electrons. The molecule has 0 aromatic rings. The fourth-order valence-corrected chi connectivity index (χ4v) is 4.09. The van der Waals surface area contributed by atoms with Crippen LogP contribution in [0.15, 0.2) is 0 Å². The van der Waals surface area contributed by atoms with Gasteiger partial charge in [0.2, 0.25) is 17.7 Å². The third-order valence-corrected chi connectivity index (χ3v) is 6.09. The van der Waals surface area contributed by atoms with Crippen LogP contribution in [0.4, 0.5) is 0 Å². The normalized spacial score (nSPS) is 21.2. The van der Waals surface area contributed by atoms with Crippen molar-refractivity contribution in [1.82, 2.24) is 26.2 Å². The van der Waals surface area contributed by atoms with Gasteiger partial charge < -0.3 is 31.3 Å². The van der Waals surface area contributed by atoms with Crippen LogP contribution in [0.2, 0.25) is 0 Å². The Kier molecular flexibility index (Phi) is 9.66. The standard InChI is InChI=1S/C23H41N5O5/c1-6-8-15(18(30)21(32)25-14-10-11-14)26-20(31)16-9-7-12-28(16)22(33)19(23(2,3)4)27-17(29)13-24-5/h14-16,18-19,24,30H,6-13H2,1-5H3,(H,25,32)(H,26,31)(H,27,29)/t15?,16-,18?,19?/m0/s1. The summed E-state index contributed by atoms with van der Waals surface area (Å²) in [7, 11) is 1.65. The molecule has 3 unspecified atom stereocenters. The lowest BCUT2D eigenvalue weighted by molar-refractivity contribution is -0.144. The first-order valence-corrected chi connectivity index (χ1v) is 12.0. The third kappa shape index (κ3) is 7.67. The Balaban J connectivity index is 2.10. The highest BCUT2D eigenvalue weighted by Crippen LogP contribution is 2.26. The molecule has 5 N–H and O–H groups in total. The van der Waals surface area contributed by atoms with Gasteiger partial charge in [0, 0.05) is 12.6 Å². The average molecular weight is 468 g/mol. The van der Waals surface area contributed by atoms with Gasteiger partial charge in [0.1, 0.15) is 12.1 Å². The maximum atomic E-state index is 13.4. The summed E-state index contributed by atoms with van der Waals surface area (Å²) in [5, 5.41) is 21.7. The van der Waals surface area contributed by atoms with Crippen LogP contribution in [0.5, 0.6) is 0 Å². The van der Waals surface area contributed by atoms with Gasteiger partial charge in [0.05, 0.1) is 12.6 Å². The molecule has 33 heavy (non-hydrogen) atoms. The fourth-order valence-electron chi connectivity index (χ4n) is 4.09. The van der Waals surface area contributed by atoms with Crippen molar-refractivity contribution in [2.24, 2.45) is 5.41 Å². The van der Waals surface area contributed by atoms with Crippen molar-refractivity contribution in [3.63, 3.8) is 0 Å². The zero-order valence-corrected chi connectivity index (χ0v) is 20.6. The predicted octanol–water partition coefficient (Wildman–Crippen LogP) is -0.348. The molecule has 2 rings (SSSR count). The number of aliphatic hydroxyl groups excluding tert-OH is 1. The third-order valence-electron chi connectivity index (χ3n) is 6.09. The smallest absolute Gasteiger partial charge is 0.251 e. The molecule has 0 aromatic heterocycles. The van der Waals surface area contributed by atoms with Crippen molar-refractivity contribution in [3.05, 3.63) is 0 Å². The van der Waals surface area contributed by atoms with Gasteiger partial charge >= 0.3 is 0 Å². The van der Waals surface area contributed by atoms with Crippen LogP contribution in [-0.4, -0.2) is 84.0 Å². The van der Waals surface area contributed by atoms with Gasteiger partial charge in [-0.2, -0.15) is 0 Å². The summed E-state index contributed by atoms with van der Waals surface area (Å²) in [5.41, 5.74) is -0.550. The maximum Gasteiger partial charge on any atom is 0.251 e. The number of hydrogen-bond donors (Lipinski definition) is 5. The molecular formula is C23H41N5O5. The van der Waals surface area contributed by atoms with Crippen molar-refractivity contribution in [2.75, 3.05) is 20.1 Å². The quantitative estimate of drug-likeness (QED) is 0.281. The summed E-state index contributed by atoms with van der Waals surface area (Å²) in [6.45, 7) is 8.02. The lowest BCUT2D eigenvalue weighted by Gasteiger charge is -2.36. The zero-order valence-electron chi connectivity index (χ0n) is 20.6. The van der Waals surface area contributed by atoms with Gasteiger partial charge in [-0.3, -0.25) is 19.2 Å². The first kappa shape index (κ1) is 27.0. The molecule has 2 fully saturated rings. The molecule has 2 aliphatic rings. The molecule has 10 heteroatoms. The summed E-state index contributed by atoms with van der Waals surface area (Å²) < 4.78 is 0. The molecule has 1 aliphatic heterocycles. The van der Waals surface area contributed by atoms with Crippen molar-refractivity contribution in [3.8, 4) is 0 Å². The van der Waals surface area contributed by atoms with Crippen LogP contribution in [-0.2, 0) is 19.2 Å². The van der Waals surface area contributed by atoms with Gasteiger partial charge in [-0.25, -0.2) is 0 Å². The number of carbonyl (C=O) groups excluding carboxylic acids is 4. The molecule has 1 aliphatic carbocycles. The van der Waals surface area contributed by atoms with Gasteiger partial charge in [-0.05, 0) is 44.6 Å². The van der Waals surface area contributed by atoms with Crippen LogP contribution in [0, 0.1) is 5.41 Å². The van der Waals surface area contributed by atoms with E-state index in [-0.39, 0.29) is 30.3 Å². The van der Waals surface area contributed by atoms with E-state index in [9.17, 15) is 24.3 Å². The minimum absolute atomic E-state index is 0.0866. The lowest BCUT2D eigenvalue weighted by Crippen LogP contribution is -2.60. The Morgan fingerprint density at radius 2 is 1.76 bits per heavy atom. The van der Waals surface area contributed by atoms with Gasteiger partial charge in [-0.15, -0.1) is 0 Å². The highest BCUT2D eigenvalue weighted by Gasteiger charge is 2.42. The molecule has 1 saturated heterocycles. The van der Waals surface area contributed by atoms with Gasteiger partial charge in [0.25, 0.3) is 5.91 Å². The van der Waals surface area contributed by atoms with E-state index in [4.69, 9.17) is 0 Å². The highest BCUT2D eigenvalue weighted by molar-refractivity contribution is 5.93. The Morgan fingerprint density at radius 1 is 1.09 bits per heavy atom. The predicted molar refractivity (Wildman–Crippen MR) is 124 cm³/mol. The number of nitrogens with one attached hydrogen (secondary N) is 4. The van der Waals surface area contributed by atoms with Crippen molar-refractivity contribution in [1.29, 1.82) is 0 Å². The molecular weight excluding hydrogens is 426 g/mol. The minimum atomic E-state index is -1.34. The molecule has 1 saturated carbocycles. The first-order valence-electron chi connectivity index (χ1n) is 12.0. The number of rotatable bonds is 11. The molecule has 4 amide bonds. The zero-order chi connectivity index (χ0) is 24.8. The molecule has 0 aromatic carbocycles. The number of amides is 4. The molecule has 0 spiro atoms. The molecule has 0 radical (unpaired) electrons. The number of likely N-dealkylation sites (N-methyl/N-ethyl adjacent to an activating group) is 1. The SMILES string of the molecule is CCCC(NC(=O)[C@@H]1CCCN1C(=O)C(NC(=O)CNC)C(C)(C)C)C(O)C(=O)NC1CC1. The largest absolute Gasteiger partial charge is 0.381 e. The first-order chi connectivity index (χ1) is 15.5. The van der Waals surface area contributed by atoms with Crippen LogP contribution in [0.1, 0.15) is 66.2 Å². The van der Waals surface area contributed by atoms with E-state index in [0.29, 0.717) is 32.2 Å². The molecule has 4 atom stereocenters. The molecule has 10 nitrogen and oxygen atoms in total. The van der Waals surface area contributed by atoms with E-state index in [0.717, 1.165) is 12.8 Å². The number of likely N-dealkylation sites (tertiary alicyclic amines) is 1. The lowest BCUT2D eigenvalue weighted by atomic mass is 9.85. The van der Waals surface area contributed by atoms with E-state index >= 15 is 0 Å². The van der Waals surface area contributed by atoms with Crippen LogP contribution < -0.4 is 21.3 Å². The van der Waals surface area contributed by atoms with E-state index in [1.165, 1.54) is 4.90 Å². The van der Waals surface area contributed by atoms with E-state index < -0.39 is 35.6 Å². The Labute approximate surface area is 196 Å². The fraction of sp³-hybridized carbons (Fsp3) is 0.826. The summed E-state index contributed by atoms with van der Waals surface area (Å²) >= 11 is 0. The number of carbonyl (C=O) groups is 4. The van der Waals surface area contributed by atoms with E-state index in [1.54, 1.807) is 7.05 Å². The second kappa shape index (κ2) is 11.8. The van der Waals surface area contributed by atoms with Gasteiger partial charge in [0.15, 0.2) is 6.10 Å². The van der Waals surface area contributed by atoms with Crippen molar-refractivity contribution in [2.45, 2.75) is 96.5 Å². The Hall–Kier alpha value is -2.20. The van der Waals surface area contributed by atoms with E-state index in [1.807, 2.05) is 27.7 Å². The van der Waals surface area contributed by atoms with Gasteiger partial charge in [-0.1, -0.05) is 34.1 Å². The summed E-state index contributed by atoms with van der Waals surface area (Å²) in [6, 6.07) is -2.11. The number of hydrogen-bond acceptors (Lipinski definition) is 6. The van der Waals surface area contributed by atoms with Crippen molar-refractivity contribution >= 4 is 23.6 Å². The van der Waals surface area contributed by atoms with E-state index in [2.05, 4.69) is 21.3 Å². The summed E-state index contributed by atoms with van der Waals surface area (Å²) in [6.07, 6.45) is 2.73. The van der Waals surface area contributed by atoms with Crippen LogP contribution in [0.3, 0.4) is 0 Å². The Bertz CT molecular complexity index is 719. The number of aliphatic hydroxyl groups is 1. The molecule has 1 heterocycles. The average Bonchev–Trinajstić information content (AvgIpc) is 3.41.